The molecule has 0 saturated carbocycles. The lowest BCUT2D eigenvalue weighted by molar-refractivity contribution is -0.116. The van der Waals surface area contributed by atoms with Crippen molar-refractivity contribution in [3.8, 4) is 0 Å². The lowest BCUT2D eigenvalue weighted by Crippen LogP contribution is -2.37. The Hall–Kier alpha value is -3.14. The Morgan fingerprint density at radius 2 is 1.77 bits per heavy atom. The summed E-state index contributed by atoms with van der Waals surface area (Å²) in [5, 5.41) is 3.64. The summed E-state index contributed by atoms with van der Waals surface area (Å²) in [6, 6.07) is 18.8. The molecule has 0 aliphatic rings. The first-order valence-electron chi connectivity index (χ1n) is 9.36. The fourth-order valence-corrected chi connectivity index (χ4v) is 5.10. The molecule has 1 heterocycles. The van der Waals surface area contributed by atoms with E-state index in [1.165, 1.54) is 47.9 Å². The highest BCUT2D eigenvalue weighted by Crippen LogP contribution is 2.23. The van der Waals surface area contributed by atoms with Gasteiger partial charge in [-0.15, -0.1) is 0 Å². The number of carbonyl (C=O) groups excluding carboxylic acids is 1. The van der Waals surface area contributed by atoms with E-state index >= 15 is 0 Å². The van der Waals surface area contributed by atoms with Crippen LogP contribution in [-0.2, 0) is 21.4 Å². The maximum absolute atomic E-state index is 13.3. The van der Waals surface area contributed by atoms with E-state index in [0.29, 0.717) is 11.3 Å². The summed E-state index contributed by atoms with van der Waals surface area (Å²) in [7, 11) is -3.95. The number of hydrogen-bond acceptors (Lipinski definition) is 5. The first-order chi connectivity index (χ1) is 14.9. The zero-order valence-corrected chi connectivity index (χ0v) is 17.9. The second-order valence-corrected chi connectivity index (χ2v) is 9.61. The third-order valence-corrected chi connectivity index (χ3v) is 7.19. The smallest absolute Gasteiger partial charge is 0.243 e. The zero-order valence-electron chi connectivity index (χ0n) is 16.2. The van der Waals surface area contributed by atoms with Crippen molar-refractivity contribution in [2.45, 2.75) is 11.4 Å². The molecule has 0 spiro atoms. The van der Waals surface area contributed by atoms with Gasteiger partial charge in [-0.25, -0.2) is 12.8 Å². The Labute approximate surface area is 183 Å². The van der Waals surface area contributed by atoms with Crippen molar-refractivity contribution in [2.75, 3.05) is 11.9 Å². The Morgan fingerprint density at radius 1 is 1.03 bits per heavy atom. The van der Waals surface area contributed by atoms with Crippen molar-refractivity contribution in [3.05, 3.63) is 90.4 Å². The van der Waals surface area contributed by atoms with Crippen LogP contribution in [0.1, 0.15) is 5.56 Å². The SMILES string of the molecule is O=C(CN(Cc1ccc(F)cc1)S(=O)(=O)c1ccccc1)Nc1ccc2sncc2c1. The Bertz CT molecular complexity index is 1310. The molecule has 0 fully saturated rings. The molecule has 0 radical (unpaired) electrons. The molecule has 4 rings (SSSR count). The molecule has 0 aliphatic heterocycles. The van der Waals surface area contributed by atoms with E-state index in [1.807, 2.05) is 6.07 Å². The summed E-state index contributed by atoms with van der Waals surface area (Å²) in [6.45, 7) is -0.465. The summed E-state index contributed by atoms with van der Waals surface area (Å²) < 4.78 is 45.8. The average molecular weight is 456 g/mol. The number of nitrogens with zero attached hydrogens (tertiary/aromatic N) is 2. The number of fused-ring (bicyclic) bond motifs is 1. The molecule has 0 saturated heterocycles. The number of carbonyl (C=O) groups is 1. The number of rotatable bonds is 7. The van der Waals surface area contributed by atoms with Gasteiger partial charge >= 0.3 is 0 Å². The molecule has 0 atom stereocenters. The van der Waals surface area contributed by atoms with Crippen molar-refractivity contribution in [3.63, 3.8) is 0 Å². The van der Waals surface area contributed by atoms with Gasteiger partial charge in [0.1, 0.15) is 5.82 Å². The number of anilines is 1. The molecule has 0 bridgehead atoms. The van der Waals surface area contributed by atoms with Gasteiger partial charge in [-0.05, 0) is 59.6 Å². The van der Waals surface area contributed by atoms with Crippen LogP contribution in [0.2, 0.25) is 0 Å². The monoisotopic (exact) mass is 455 g/mol. The van der Waals surface area contributed by atoms with E-state index in [4.69, 9.17) is 0 Å². The highest BCUT2D eigenvalue weighted by molar-refractivity contribution is 7.89. The first-order valence-corrected chi connectivity index (χ1v) is 11.6. The van der Waals surface area contributed by atoms with Crippen LogP contribution < -0.4 is 5.32 Å². The normalized spacial score (nSPS) is 11.7. The molecular weight excluding hydrogens is 437 g/mol. The van der Waals surface area contributed by atoms with Gasteiger partial charge in [0.15, 0.2) is 0 Å². The Morgan fingerprint density at radius 3 is 2.52 bits per heavy atom. The standard InChI is InChI=1S/C22H18FN3O3S2/c23-18-8-6-16(7-9-18)14-26(31(28,29)20-4-2-1-3-5-20)15-22(27)25-19-10-11-21-17(12-19)13-24-30-21/h1-13H,14-15H2,(H,25,27). The van der Waals surface area contributed by atoms with Crippen molar-refractivity contribution in [2.24, 2.45) is 0 Å². The van der Waals surface area contributed by atoms with E-state index in [1.54, 1.807) is 36.5 Å². The highest BCUT2D eigenvalue weighted by atomic mass is 32.2. The number of hydrogen-bond donors (Lipinski definition) is 1. The van der Waals surface area contributed by atoms with E-state index in [-0.39, 0.29) is 11.4 Å². The summed E-state index contributed by atoms with van der Waals surface area (Å²) in [5.74, 6) is -0.901. The fourth-order valence-electron chi connectivity index (χ4n) is 3.07. The lowest BCUT2D eigenvalue weighted by atomic mass is 10.2. The minimum absolute atomic E-state index is 0.0710. The molecule has 1 aromatic heterocycles. The number of nitrogens with one attached hydrogen (secondary N) is 1. The van der Waals surface area contributed by atoms with Crippen molar-refractivity contribution < 1.29 is 17.6 Å². The number of amides is 1. The fraction of sp³-hybridized carbons (Fsp3) is 0.0909. The Kier molecular flexibility index (Phi) is 6.08. The molecule has 0 unspecified atom stereocenters. The number of benzene rings is 3. The predicted molar refractivity (Wildman–Crippen MR) is 119 cm³/mol. The highest BCUT2D eigenvalue weighted by Gasteiger charge is 2.27. The van der Waals surface area contributed by atoms with Gasteiger partial charge in [0.05, 0.1) is 16.1 Å². The molecule has 3 aromatic carbocycles. The van der Waals surface area contributed by atoms with Crippen LogP contribution in [0.4, 0.5) is 10.1 Å². The van der Waals surface area contributed by atoms with E-state index in [2.05, 4.69) is 9.69 Å². The van der Waals surface area contributed by atoms with Crippen LogP contribution in [0.15, 0.2) is 83.9 Å². The molecule has 4 aromatic rings. The maximum Gasteiger partial charge on any atom is 0.243 e. The third kappa shape index (κ3) is 4.96. The summed E-state index contributed by atoms with van der Waals surface area (Å²) in [5.41, 5.74) is 1.12. The zero-order chi connectivity index (χ0) is 21.8. The molecule has 158 valence electrons. The quantitative estimate of drug-likeness (QED) is 0.452. The van der Waals surface area contributed by atoms with Gasteiger partial charge < -0.3 is 5.32 Å². The summed E-state index contributed by atoms with van der Waals surface area (Å²) >= 11 is 1.35. The summed E-state index contributed by atoms with van der Waals surface area (Å²) in [4.78, 5) is 12.8. The molecule has 6 nitrogen and oxygen atoms in total. The number of aromatic nitrogens is 1. The van der Waals surface area contributed by atoms with Gasteiger partial charge in [-0.1, -0.05) is 30.3 Å². The van der Waals surface area contributed by atoms with Crippen LogP contribution in [0, 0.1) is 5.82 Å². The van der Waals surface area contributed by atoms with E-state index < -0.39 is 28.3 Å². The van der Waals surface area contributed by atoms with Gasteiger partial charge in [0.25, 0.3) is 0 Å². The molecule has 31 heavy (non-hydrogen) atoms. The van der Waals surface area contributed by atoms with Crippen molar-refractivity contribution in [1.29, 1.82) is 0 Å². The van der Waals surface area contributed by atoms with E-state index in [9.17, 15) is 17.6 Å². The van der Waals surface area contributed by atoms with E-state index in [0.717, 1.165) is 14.4 Å². The van der Waals surface area contributed by atoms with Crippen LogP contribution in [0.3, 0.4) is 0 Å². The number of sulfonamides is 1. The largest absolute Gasteiger partial charge is 0.325 e. The van der Waals surface area contributed by atoms with Gasteiger partial charge in [-0.2, -0.15) is 8.68 Å². The third-order valence-electron chi connectivity index (χ3n) is 4.61. The van der Waals surface area contributed by atoms with Gasteiger partial charge in [0, 0.05) is 23.8 Å². The molecule has 9 heteroatoms. The second-order valence-electron chi connectivity index (χ2n) is 6.84. The molecule has 1 amide bonds. The van der Waals surface area contributed by atoms with Crippen LogP contribution in [-0.4, -0.2) is 29.5 Å². The lowest BCUT2D eigenvalue weighted by Gasteiger charge is -2.22. The first kappa shape index (κ1) is 21.1. The predicted octanol–water partition coefficient (Wildman–Crippen LogP) is 4.27. The number of halogens is 1. The minimum atomic E-state index is -3.95. The Balaban J connectivity index is 1.58. The van der Waals surface area contributed by atoms with Gasteiger partial charge in [-0.3, -0.25) is 4.79 Å². The summed E-state index contributed by atoms with van der Waals surface area (Å²) in [6.07, 6.45) is 1.70. The van der Waals surface area contributed by atoms with Crippen LogP contribution in [0.25, 0.3) is 10.1 Å². The maximum atomic E-state index is 13.3. The average Bonchev–Trinajstić information content (AvgIpc) is 3.23. The molecule has 0 aliphatic carbocycles. The van der Waals surface area contributed by atoms with Crippen molar-refractivity contribution >= 4 is 43.2 Å². The molecule has 1 N–H and O–H groups in total. The topological polar surface area (TPSA) is 79.4 Å². The second kappa shape index (κ2) is 8.93. The minimum Gasteiger partial charge on any atom is -0.325 e. The van der Waals surface area contributed by atoms with Crippen molar-refractivity contribution in [1.82, 2.24) is 8.68 Å². The van der Waals surface area contributed by atoms with Crippen LogP contribution >= 0.6 is 11.5 Å². The van der Waals surface area contributed by atoms with Crippen LogP contribution in [0.5, 0.6) is 0 Å². The van der Waals surface area contributed by atoms with Gasteiger partial charge in [0.2, 0.25) is 15.9 Å². The molecular formula is C22H18FN3O3S2.